The molecule has 4 aromatic carbocycles. The van der Waals surface area contributed by atoms with E-state index in [9.17, 15) is 4.79 Å². The molecule has 0 saturated carbocycles. The lowest BCUT2D eigenvalue weighted by molar-refractivity contribution is 0.0937. The summed E-state index contributed by atoms with van der Waals surface area (Å²) in [4.78, 5) is 14.2. The van der Waals surface area contributed by atoms with Gasteiger partial charge in [-0.05, 0) is 97.7 Å². The number of ether oxygens (including phenoxy) is 8. The lowest BCUT2D eigenvalue weighted by atomic mass is 9.75. The van der Waals surface area contributed by atoms with E-state index in [0.717, 1.165) is 176 Å². The average Bonchev–Trinajstić information content (AvgIpc) is 0.761. The average molecular weight is 1420 g/mol. The fraction of sp³-hybridized carbons (Fsp3) is 0.675. The minimum atomic E-state index is -0.199. The zero-order chi connectivity index (χ0) is 62.2. The van der Waals surface area contributed by atoms with Crippen molar-refractivity contribution in [1.82, 2.24) is 0 Å². The highest BCUT2D eigenvalue weighted by Gasteiger charge is 2.41. The second kappa shape index (κ2) is 37.3. The third-order valence-electron chi connectivity index (χ3n) is 20.2. The van der Waals surface area contributed by atoms with Gasteiger partial charge in [-0.2, -0.15) is 0 Å². The molecule has 8 bridgehead atoms. The van der Waals surface area contributed by atoms with Gasteiger partial charge in [-0.1, -0.05) is 259 Å². The van der Waals surface area contributed by atoms with Gasteiger partial charge in [0.1, 0.15) is 59.4 Å². The summed E-state index contributed by atoms with van der Waals surface area (Å²) < 4.78 is 57.6. The Morgan fingerprint density at radius 2 is 0.449 bits per heavy atom. The van der Waals surface area contributed by atoms with Gasteiger partial charge in [-0.15, -0.1) is 0 Å². The van der Waals surface area contributed by atoms with Crippen LogP contribution in [0.4, 0.5) is 0 Å². The summed E-state index contributed by atoms with van der Waals surface area (Å²) in [5.41, 5.74) is 9.12. The summed E-state index contributed by atoms with van der Waals surface area (Å²) in [7, 11) is 0. The van der Waals surface area contributed by atoms with Crippen molar-refractivity contribution in [2.45, 2.75) is 308 Å². The van der Waals surface area contributed by atoms with Crippen molar-refractivity contribution >= 4 is 54.1 Å². The van der Waals surface area contributed by atoms with Crippen LogP contribution >= 0.6 is 47.8 Å². The van der Waals surface area contributed by atoms with Crippen molar-refractivity contribution in [3.05, 3.63) is 87.8 Å². The molecule has 4 heterocycles. The Balaban J connectivity index is 1.25. The van der Waals surface area contributed by atoms with Crippen LogP contribution in [-0.4, -0.2) is 33.5 Å². The maximum absolute atomic E-state index is 14.2. The molecular formula is C77H109Br3O9. The fourth-order valence-corrected chi connectivity index (χ4v) is 17.3. The van der Waals surface area contributed by atoms with E-state index in [1.807, 2.05) is 0 Å². The normalized spacial score (nSPS) is 17.5. The molecule has 12 heteroatoms. The smallest absolute Gasteiger partial charge is 0.231 e. The molecule has 0 radical (unpaired) electrons. The first-order valence-corrected chi connectivity index (χ1v) is 38.5. The number of aldehydes is 1. The Hall–Kier alpha value is -3.61. The summed E-state index contributed by atoms with van der Waals surface area (Å²) in [6.45, 7) is 8.92. The lowest BCUT2D eigenvalue weighted by Crippen LogP contribution is -2.24. The van der Waals surface area contributed by atoms with Gasteiger partial charge in [-0.3, -0.25) is 4.79 Å². The molecular weight excluding hydrogens is 1310 g/mol. The van der Waals surface area contributed by atoms with Gasteiger partial charge in [0.05, 0.1) is 5.56 Å². The van der Waals surface area contributed by atoms with E-state index < -0.39 is 0 Å². The number of carbonyl (C=O) groups is 1. The Kier molecular flexibility index (Phi) is 29.2. The van der Waals surface area contributed by atoms with Crippen molar-refractivity contribution in [2.24, 2.45) is 0 Å². The zero-order valence-electron chi connectivity index (χ0n) is 55.1. The Labute approximate surface area is 562 Å². The summed E-state index contributed by atoms with van der Waals surface area (Å²) in [6, 6.07) is 9.74. The summed E-state index contributed by atoms with van der Waals surface area (Å²) in [5.74, 6) is 4.86. The van der Waals surface area contributed by atoms with Crippen LogP contribution in [0.5, 0.6) is 46.0 Å². The Bertz CT molecular complexity index is 2670. The molecule has 9 nitrogen and oxygen atoms in total. The molecule has 4 unspecified atom stereocenters. The molecule has 1 aliphatic carbocycles. The van der Waals surface area contributed by atoms with Crippen molar-refractivity contribution < 1.29 is 42.7 Å². The molecule has 0 aromatic heterocycles. The molecule has 5 aliphatic rings. The molecule has 492 valence electrons. The van der Waals surface area contributed by atoms with Gasteiger partial charge in [0.25, 0.3) is 0 Å². The maximum Gasteiger partial charge on any atom is 0.231 e. The van der Waals surface area contributed by atoms with Gasteiger partial charge >= 0.3 is 0 Å². The highest BCUT2D eigenvalue weighted by molar-refractivity contribution is 9.11. The molecule has 89 heavy (non-hydrogen) atoms. The fourth-order valence-electron chi connectivity index (χ4n) is 15.2. The SMILES string of the molecule is CCCCCCCCCCCC1c2cc3c4c(Br)c2OCOc2c1cc1c(c2Br)OCOc2c(cc5c(c2C=O)OCOc2c(cc(c(c2Br)OCO4)C3CCCCCCCCCCC)C5CCCCCCCCCCC)C1CCCCCCCCCCC. The molecule has 4 aromatic rings. The first kappa shape index (κ1) is 69.7. The van der Waals surface area contributed by atoms with Crippen molar-refractivity contribution in [3.8, 4) is 46.0 Å². The first-order valence-electron chi connectivity index (χ1n) is 36.1. The number of halogens is 3. The Morgan fingerprint density at radius 1 is 0.281 bits per heavy atom. The summed E-state index contributed by atoms with van der Waals surface area (Å²) in [5, 5.41) is 0. The van der Waals surface area contributed by atoms with Crippen LogP contribution in [-0.2, 0) is 0 Å². The van der Waals surface area contributed by atoms with Gasteiger partial charge in [-0.25, -0.2) is 0 Å². The third-order valence-corrected chi connectivity index (χ3v) is 22.3. The maximum atomic E-state index is 14.2. The first-order chi connectivity index (χ1) is 43.8. The quantitative estimate of drug-likeness (QED) is 0.0318. The van der Waals surface area contributed by atoms with E-state index >= 15 is 0 Å². The molecule has 4 aliphatic heterocycles. The van der Waals surface area contributed by atoms with Gasteiger partial charge in [0, 0.05) is 68.2 Å². The number of carbonyl (C=O) groups excluding carboxylic acids is 1. The minimum Gasteiger partial charge on any atom is -0.456 e. The summed E-state index contributed by atoms with van der Waals surface area (Å²) in [6.07, 6.45) is 48.8. The number of benzene rings is 4. The highest BCUT2D eigenvalue weighted by Crippen LogP contribution is 2.60. The lowest BCUT2D eigenvalue weighted by Gasteiger charge is -2.36. The van der Waals surface area contributed by atoms with E-state index in [4.69, 9.17) is 37.9 Å². The number of hydrogen-bond donors (Lipinski definition) is 0. The second-order valence-corrected chi connectivity index (χ2v) is 29.0. The third kappa shape index (κ3) is 18.0. The second-order valence-electron chi connectivity index (χ2n) is 26.6. The predicted octanol–water partition coefficient (Wildman–Crippen LogP) is 25.2. The zero-order valence-corrected chi connectivity index (χ0v) is 59.9. The van der Waals surface area contributed by atoms with Crippen molar-refractivity contribution in [2.75, 3.05) is 27.2 Å². The molecule has 0 amide bonds. The van der Waals surface area contributed by atoms with E-state index in [1.165, 1.54) is 180 Å². The van der Waals surface area contributed by atoms with Crippen LogP contribution in [0.25, 0.3) is 0 Å². The number of rotatable bonds is 41. The van der Waals surface area contributed by atoms with Crippen molar-refractivity contribution in [3.63, 3.8) is 0 Å². The Morgan fingerprint density at radius 3 is 0.640 bits per heavy atom. The standard InChI is InChI=1S/C77H109Br3O9/c1-5-9-13-17-21-25-29-33-37-41-54-58-45-59-55(42-38-34-30-26-22-18-14-10-6-2)61-47-63-57(44-40-36-32-28-24-20-16-12-8-4)65-48-64-56(43-39-35-31-27-23-19-15-11-7-3)62-46-60(54)72-67(78)74(62)86-52-88-76(64)69(80)77(65)89-53-87-75(63)68(79)73(61)85-51-83-71(59)66(49-81)70(58)82-50-84-72/h45-49,54-57H,5-44,50-53H2,1-4H3. The van der Waals surface area contributed by atoms with Gasteiger partial charge in [0.2, 0.25) is 27.2 Å². The van der Waals surface area contributed by atoms with Crippen LogP contribution in [0.2, 0.25) is 0 Å². The van der Waals surface area contributed by atoms with E-state index in [1.54, 1.807) is 0 Å². The predicted molar refractivity (Wildman–Crippen MR) is 373 cm³/mol. The number of unbranched alkanes of at least 4 members (excludes halogenated alkanes) is 32. The highest BCUT2D eigenvalue weighted by atomic mass is 79.9. The molecule has 9 rings (SSSR count). The van der Waals surface area contributed by atoms with Crippen LogP contribution in [0.3, 0.4) is 0 Å². The molecule has 4 atom stereocenters. The molecule has 0 fully saturated rings. The van der Waals surface area contributed by atoms with Gasteiger partial charge < -0.3 is 37.9 Å². The van der Waals surface area contributed by atoms with Crippen LogP contribution in [0.1, 0.15) is 363 Å². The van der Waals surface area contributed by atoms with Crippen LogP contribution in [0.15, 0.2) is 37.7 Å². The molecule has 0 N–H and O–H groups in total. The summed E-state index contributed by atoms with van der Waals surface area (Å²) >= 11 is 12.7. The van der Waals surface area contributed by atoms with Crippen LogP contribution in [0, 0.1) is 0 Å². The molecule has 0 spiro atoms. The van der Waals surface area contributed by atoms with Gasteiger partial charge in [0.15, 0.2) is 6.29 Å². The monoisotopic (exact) mass is 1410 g/mol. The largest absolute Gasteiger partial charge is 0.456 e. The van der Waals surface area contributed by atoms with Crippen LogP contribution < -0.4 is 37.9 Å². The van der Waals surface area contributed by atoms with E-state index in [-0.39, 0.29) is 50.8 Å². The van der Waals surface area contributed by atoms with E-state index in [2.05, 4.69) is 99.8 Å². The van der Waals surface area contributed by atoms with Crippen molar-refractivity contribution in [1.29, 1.82) is 0 Å². The number of hydrogen-bond acceptors (Lipinski definition) is 9. The minimum absolute atomic E-state index is 0.0177. The molecule has 0 saturated heterocycles. The topological polar surface area (TPSA) is 90.9 Å². The van der Waals surface area contributed by atoms with E-state index in [0.29, 0.717) is 17.1 Å².